The number of rotatable bonds is 6. The van der Waals surface area contributed by atoms with E-state index in [2.05, 4.69) is 5.32 Å². The highest BCUT2D eigenvalue weighted by Gasteiger charge is 2.32. The summed E-state index contributed by atoms with van der Waals surface area (Å²) in [5, 5.41) is 2.54. The minimum atomic E-state index is -0.564. The molecule has 0 aromatic heterocycles. The van der Waals surface area contributed by atoms with Crippen LogP contribution >= 0.6 is 35.6 Å². The van der Waals surface area contributed by atoms with E-state index < -0.39 is 5.82 Å². The highest BCUT2D eigenvalue weighted by Crippen LogP contribution is 2.33. The van der Waals surface area contributed by atoms with Crippen LogP contribution in [0.15, 0.2) is 47.4 Å². The van der Waals surface area contributed by atoms with E-state index >= 15 is 0 Å². The first kappa shape index (κ1) is 21.3. The SMILES string of the molecule is COc1ccc(/C=C2\SC(=S)N(CCC(=O)Nc3ccc(F)c(Cl)c3)C2=O)cc1. The first-order valence-corrected chi connectivity index (χ1v) is 10.1. The third-order valence-corrected chi connectivity index (χ3v) is 5.72. The van der Waals surface area contributed by atoms with Crippen molar-refractivity contribution in [1.82, 2.24) is 4.90 Å². The summed E-state index contributed by atoms with van der Waals surface area (Å²) in [5.74, 6) is -0.414. The number of ether oxygens (including phenoxy) is 1. The molecule has 9 heteroatoms. The topological polar surface area (TPSA) is 58.6 Å². The number of hydrogen-bond acceptors (Lipinski definition) is 5. The molecule has 2 aromatic rings. The summed E-state index contributed by atoms with van der Waals surface area (Å²) in [6, 6.07) is 11.2. The van der Waals surface area contributed by atoms with E-state index in [9.17, 15) is 14.0 Å². The average molecular weight is 451 g/mol. The summed E-state index contributed by atoms with van der Waals surface area (Å²) >= 11 is 12.2. The number of carbonyl (C=O) groups excluding carboxylic acids is 2. The molecular formula is C20H16ClFN2O3S2. The van der Waals surface area contributed by atoms with Gasteiger partial charge in [0.15, 0.2) is 0 Å². The molecule has 1 aliphatic heterocycles. The Morgan fingerprint density at radius 1 is 1.31 bits per heavy atom. The van der Waals surface area contributed by atoms with Crippen molar-refractivity contribution in [2.24, 2.45) is 0 Å². The molecular weight excluding hydrogens is 435 g/mol. The maximum absolute atomic E-state index is 13.2. The molecule has 0 bridgehead atoms. The number of thioether (sulfide) groups is 1. The Morgan fingerprint density at radius 3 is 2.69 bits per heavy atom. The minimum absolute atomic E-state index is 0.0389. The lowest BCUT2D eigenvalue weighted by molar-refractivity contribution is -0.122. The van der Waals surface area contributed by atoms with E-state index in [1.807, 2.05) is 12.1 Å². The molecule has 2 aromatic carbocycles. The van der Waals surface area contributed by atoms with Crippen LogP contribution in [0.25, 0.3) is 6.08 Å². The summed E-state index contributed by atoms with van der Waals surface area (Å²) in [4.78, 5) is 26.7. The van der Waals surface area contributed by atoms with Crippen molar-refractivity contribution in [1.29, 1.82) is 0 Å². The van der Waals surface area contributed by atoms with Crippen LogP contribution in [0.3, 0.4) is 0 Å². The molecule has 0 saturated carbocycles. The molecule has 2 amide bonds. The van der Waals surface area contributed by atoms with Crippen LogP contribution in [0, 0.1) is 5.82 Å². The third kappa shape index (κ3) is 5.35. The lowest BCUT2D eigenvalue weighted by Gasteiger charge is -2.14. The number of benzene rings is 2. The lowest BCUT2D eigenvalue weighted by Crippen LogP contribution is -2.31. The van der Waals surface area contributed by atoms with Gasteiger partial charge in [-0.05, 0) is 42.0 Å². The van der Waals surface area contributed by atoms with Crippen LogP contribution in [0.4, 0.5) is 10.1 Å². The Hall–Kier alpha value is -2.42. The van der Waals surface area contributed by atoms with E-state index in [0.29, 0.717) is 14.9 Å². The monoisotopic (exact) mass is 450 g/mol. The van der Waals surface area contributed by atoms with Gasteiger partial charge in [0.05, 0.1) is 17.0 Å². The molecule has 0 aliphatic carbocycles. The summed E-state index contributed by atoms with van der Waals surface area (Å²) in [6.45, 7) is 0.144. The second-order valence-corrected chi connectivity index (χ2v) is 8.12. The summed E-state index contributed by atoms with van der Waals surface area (Å²) in [6.07, 6.45) is 1.79. The second kappa shape index (κ2) is 9.39. The quantitative estimate of drug-likeness (QED) is 0.510. The molecule has 1 fully saturated rings. The molecule has 3 rings (SSSR count). The zero-order valence-electron chi connectivity index (χ0n) is 15.3. The number of halogens is 2. The van der Waals surface area contributed by atoms with Crippen molar-refractivity contribution in [2.75, 3.05) is 19.0 Å². The molecule has 0 unspecified atom stereocenters. The van der Waals surface area contributed by atoms with Crippen molar-refractivity contribution >= 4 is 63.5 Å². The predicted octanol–water partition coefficient (Wildman–Crippen LogP) is 4.72. The third-order valence-electron chi connectivity index (χ3n) is 4.05. The zero-order chi connectivity index (χ0) is 21.0. The average Bonchev–Trinajstić information content (AvgIpc) is 2.96. The minimum Gasteiger partial charge on any atom is -0.497 e. The van der Waals surface area contributed by atoms with Gasteiger partial charge in [-0.1, -0.05) is 47.7 Å². The van der Waals surface area contributed by atoms with E-state index in [1.54, 1.807) is 25.3 Å². The molecule has 0 radical (unpaired) electrons. The Balaban J connectivity index is 1.60. The van der Waals surface area contributed by atoms with Gasteiger partial charge in [0.1, 0.15) is 15.9 Å². The van der Waals surface area contributed by atoms with Gasteiger partial charge >= 0.3 is 0 Å². The van der Waals surface area contributed by atoms with Gasteiger partial charge in [-0.15, -0.1) is 0 Å². The highest BCUT2D eigenvalue weighted by atomic mass is 35.5. The number of amides is 2. The van der Waals surface area contributed by atoms with Gasteiger partial charge in [0, 0.05) is 18.7 Å². The van der Waals surface area contributed by atoms with Crippen LogP contribution < -0.4 is 10.1 Å². The van der Waals surface area contributed by atoms with Gasteiger partial charge < -0.3 is 10.1 Å². The predicted molar refractivity (Wildman–Crippen MR) is 118 cm³/mol. The van der Waals surface area contributed by atoms with Crippen LogP contribution in [-0.4, -0.2) is 34.7 Å². The maximum Gasteiger partial charge on any atom is 0.266 e. The molecule has 1 saturated heterocycles. The molecule has 5 nitrogen and oxygen atoms in total. The van der Waals surface area contributed by atoms with Crippen LogP contribution in [0.5, 0.6) is 5.75 Å². The van der Waals surface area contributed by atoms with Gasteiger partial charge in [-0.25, -0.2) is 4.39 Å². The van der Waals surface area contributed by atoms with Crippen molar-refractivity contribution in [3.05, 3.63) is 63.8 Å². The number of nitrogens with zero attached hydrogens (tertiary/aromatic N) is 1. The normalized spacial score (nSPS) is 15.1. The summed E-state index contributed by atoms with van der Waals surface area (Å²) in [5.41, 5.74) is 1.23. The smallest absolute Gasteiger partial charge is 0.266 e. The molecule has 0 atom stereocenters. The number of carbonyl (C=O) groups is 2. The number of methoxy groups -OCH3 is 1. The fourth-order valence-electron chi connectivity index (χ4n) is 2.56. The fourth-order valence-corrected chi connectivity index (χ4v) is 4.04. The maximum atomic E-state index is 13.2. The number of thiocarbonyl (C=S) groups is 1. The number of hydrogen-bond donors (Lipinski definition) is 1. The first-order valence-electron chi connectivity index (χ1n) is 8.51. The van der Waals surface area contributed by atoms with E-state index in [1.165, 1.54) is 34.9 Å². The summed E-state index contributed by atoms with van der Waals surface area (Å²) < 4.78 is 18.7. The van der Waals surface area contributed by atoms with Crippen LogP contribution in [0.2, 0.25) is 5.02 Å². The number of anilines is 1. The summed E-state index contributed by atoms with van der Waals surface area (Å²) in [7, 11) is 1.58. The van der Waals surface area contributed by atoms with E-state index in [-0.39, 0.29) is 29.8 Å². The standard InChI is InChI=1S/C20H16ClFN2O3S2/c1-27-14-5-2-12(3-6-14)10-17-19(26)24(20(28)29-17)9-8-18(25)23-13-4-7-16(22)15(21)11-13/h2-7,10-11H,8-9H2,1H3,(H,23,25)/b17-10-. The molecule has 1 heterocycles. The van der Waals surface area contributed by atoms with Crippen molar-refractivity contribution in [3.63, 3.8) is 0 Å². The lowest BCUT2D eigenvalue weighted by atomic mass is 10.2. The van der Waals surface area contributed by atoms with Gasteiger partial charge in [-0.3, -0.25) is 14.5 Å². The van der Waals surface area contributed by atoms with Crippen molar-refractivity contribution in [2.45, 2.75) is 6.42 Å². The molecule has 150 valence electrons. The van der Waals surface area contributed by atoms with Gasteiger partial charge in [0.2, 0.25) is 5.91 Å². The second-order valence-electron chi connectivity index (χ2n) is 6.03. The van der Waals surface area contributed by atoms with Crippen molar-refractivity contribution < 1.29 is 18.7 Å². The van der Waals surface area contributed by atoms with E-state index in [0.717, 1.165) is 11.3 Å². The molecule has 29 heavy (non-hydrogen) atoms. The Labute approximate surface area is 181 Å². The van der Waals surface area contributed by atoms with Crippen molar-refractivity contribution in [3.8, 4) is 5.75 Å². The Kier molecular flexibility index (Phi) is 6.89. The molecule has 1 aliphatic rings. The molecule has 0 spiro atoms. The van der Waals surface area contributed by atoms with Crippen LogP contribution in [-0.2, 0) is 9.59 Å². The largest absolute Gasteiger partial charge is 0.497 e. The number of nitrogens with one attached hydrogen (secondary N) is 1. The van der Waals surface area contributed by atoms with E-state index in [4.69, 9.17) is 28.6 Å². The van der Waals surface area contributed by atoms with Crippen LogP contribution in [0.1, 0.15) is 12.0 Å². The molecule has 1 N–H and O–H groups in total. The Bertz CT molecular complexity index is 996. The fraction of sp³-hybridized carbons (Fsp3) is 0.150. The Morgan fingerprint density at radius 2 is 2.03 bits per heavy atom. The zero-order valence-corrected chi connectivity index (χ0v) is 17.7. The van der Waals surface area contributed by atoms with Gasteiger partial charge in [-0.2, -0.15) is 0 Å². The first-order chi connectivity index (χ1) is 13.9. The van der Waals surface area contributed by atoms with Gasteiger partial charge in [0.25, 0.3) is 5.91 Å². The highest BCUT2D eigenvalue weighted by molar-refractivity contribution is 8.26.